The quantitative estimate of drug-likeness (QED) is 0.657. The third kappa shape index (κ3) is 2.30. The summed E-state index contributed by atoms with van der Waals surface area (Å²) in [5.74, 6) is 0.868. The Morgan fingerprint density at radius 2 is 2.16 bits per heavy atom. The summed E-state index contributed by atoms with van der Waals surface area (Å²) in [6.07, 6.45) is 2.74. The number of nitrogens with one attached hydrogen (secondary N) is 1. The SMILES string of the molecule is O=Cc1ccccc1N1CCNc2ncc(I)cc21. The van der Waals surface area contributed by atoms with Crippen molar-refractivity contribution in [3.63, 3.8) is 0 Å². The highest BCUT2D eigenvalue weighted by atomic mass is 127. The van der Waals surface area contributed by atoms with Gasteiger partial charge in [-0.05, 0) is 40.8 Å². The lowest BCUT2D eigenvalue weighted by molar-refractivity contribution is 0.112. The predicted molar refractivity (Wildman–Crippen MR) is 84.3 cm³/mol. The van der Waals surface area contributed by atoms with Crippen LogP contribution in [0.4, 0.5) is 17.2 Å². The number of hydrogen-bond acceptors (Lipinski definition) is 4. The van der Waals surface area contributed by atoms with E-state index in [1.54, 1.807) is 0 Å². The lowest BCUT2D eigenvalue weighted by Crippen LogP contribution is -2.31. The third-order valence-corrected chi connectivity index (χ3v) is 3.70. The van der Waals surface area contributed by atoms with E-state index < -0.39 is 0 Å². The van der Waals surface area contributed by atoms with Crippen molar-refractivity contribution in [2.45, 2.75) is 0 Å². The monoisotopic (exact) mass is 365 g/mol. The van der Waals surface area contributed by atoms with Gasteiger partial charge in [-0.15, -0.1) is 0 Å². The summed E-state index contributed by atoms with van der Waals surface area (Å²) in [6.45, 7) is 1.63. The van der Waals surface area contributed by atoms with E-state index in [1.165, 1.54) is 0 Å². The van der Waals surface area contributed by atoms with Crippen LogP contribution in [0.15, 0.2) is 36.5 Å². The Morgan fingerprint density at radius 1 is 1.32 bits per heavy atom. The molecular formula is C14H12IN3O. The minimum atomic E-state index is 0.703. The number of aldehydes is 1. The summed E-state index contributed by atoms with van der Waals surface area (Å²) in [5.41, 5.74) is 2.66. The molecule has 3 rings (SSSR count). The van der Waals surface area contributed by atoms with Crippen LogP contribution in [0, 0.1) is 3.57 Å². The average molecular weight is 365 g/mol. The standard InChI is InChI=1S/C14H12IN3O/c15-11-7-13-14(17-8-11)16-5-6-18(13)12-4-2-1-3-10(12)9-19/h1-4,7-9H,5-6H2,(H,16,17). The first-order valence-electron chi connectivity index (χ1n) is 6.01. The molecule has 96 valence electrons. The largest absolute Gasteiger partial charge is 0.367 e. The maximum Gasteiger partial charge on any atom is 0.152 e. The molecule has 0 saturated carbocycles. The number of para-hydroxylation sites is 1. The molecule has 0 atom stereocenters. The molecule has 0 bridgehead atoms. The number of halogens is 1. The molecule has 1 aliphatic heterocycles. The maximum absolute atomic E-state index is 11.2. The molecule has 0 aliphatic carbocycles. The van der Waals surface area contributed by atoms with E-state index in [1.807, 2.05) is 30.5 Å². The average Bonchev–Trinajstić information content (AvgIpc) is 2.46. The zero-order valence-electron chi connectivity index (χ0n) is 10.1. The van der Waals surface area contributed by atoms with E-state index in [2.05, 4.69) is 43.9 Å². The third-order valence-electron chi connectivity index (χ3n) is 3.11. The molecule has 1 aliphatic rings. The van der Waals surface area contributed by atoms with Gasteiger partial charge >= 0.3 is 0 Å². The molecule has 2 heterocycles. The molecule has 0 spiro atoms. The second-order valence-electron chi connectivity index (χ2n) is 4.28. The van der Waals surface area contributed by atoms with Gasteiger partial charge in [-0.1, -0.05) is 12.1 Å². The van der Waals surface area contributed by atoms with Crippen LogP contribution in [-0.2, 0) is 0 Å². The number of fused-ring (bicyclic) bond motifs is 1. The minimum absolute atomic E-state index is 0.703. The number of rotatable bonds is 2. The van der Waals surface area contributed by atoms with Gasteiger partial charge in [0.1, 0.15) is 5.82 Å². The van der Waals surface area contributed by atoms with Gasteiger partial charge in [0.25, 0.3) is 0 Å². The van der Waals surface area contributed by atoms with Crippen molar-refractivity contribution in [1.29, 1.82) is 0 Å². The first-order chi connectivity index (χ1) is 9.29. The van der Waals surface area contributed by atoms with Crippen LogP contribution in [0.5, 0.6) is 0 Å². The number of carbonyl (C=O) groups excluding carboxylic acids is 1. The second kappa shape index (κ2) is 5.16. The van der Waals surface area contributed by atoms with Gasteiger partial charge in [-0.25, -0.2) is 4.98 Å². The Labute approximate surface area is 125 Å². The van der Waals surface area contributed by atoms with E-state index >= 15 is 0 Å². The van der Waals surface area contributed by atoms with Gasteiger partial charge in [0.15, 0.2) is 6.29 Å². The molecule has 1 N–H and O–H groups in total. The van der Waals surface area contributed by atoms with E-state index in [4.69, 9.17) is 0 Å². The molecule has 0 saturated heterocycles. The summed E-state index contributed by atoms with van der Waals surface area (Å²) in [5, 5.41) is 3.28. The fourth-order valence-corrected chi connectivity index (χ4v) is 2.69. The van der Waals surface area contributed by atoms with E-state index in [0.717, 1.165) is 40.1 Å². The van der Waals surface area contributed by atoms with Gasteiger partial charge in [0.05, 0.1) is 11.4 Å². The molecule has 0 unspecified atom stereocenters. The van der Waals surface area contributed by atoms with Crippen molar-refractivity contribution >= 4 is 46.1 Å². The first kappa shape index (κ1) is 12.4. The molecule has 0 amide bonds. The van der Waals surface area contributed by atoms with Crippen LogP contribution in [0.1, 0.15) is 10.4 Å². The van der Waals surface area contributed by atoms with Gasteiger partial charge in [0.2, 0.25) is 0 Å². The molecule has 5 heteroatoms. The van der Waals surface area contributed by atoms with Crippen LogP contribution in [0.2, 0.25) is 0 Å². The fourth-order valence-electron chi connectivity index (χ4n) is 2.26. The van der Waals surface area contributed by atoms with Gasteiger partial charge in [-0.2, -0.15) is 0 Å². The van der Waals surface area contributed by atoms with Crippen LogP contribution >= 0.6 is 22.6 Å². The van der Waals surface area contributed by atoms with Crippen LogP contribution < -0.4 is 10.2 Å². The molecular weight excluding hydrogens is 353 g/mol. The predicted octanol–water partition coefficient (Wildman–Crippen LogP) is 3.06. The smallest absolute Gasteiger partial charge is 0.152 e. The molecule has 19 heavy (non-hydrogen) atoms. The Balaban J connectivity index is 2.13. The van der Waals surface area contributed by atoms with Gasteiger partial charge in [0, 0.05) is 28.4 Å². The van der Waals surface area contributed by atoms with E-state index in [-0.39, 0.29) is 0 Å². The highest BCUT2D eigenvalue weighted by Gasteiger charge is 2.21. The number of aromatic nitrogens is 1. The van der Waals surface area contributed by atoms with Crippen molar-refractivity contribution < 1.29 is 4.79 Å². The summed E-state index contributed by atoms with van der Waals surface area (Å²) in [6, 6.07) is 9.72. The number of benzene rings is 1. The number of nitrogens with zero attached hydrogens (tertiary/aromatic N) is 2. The number of hydrogen-bond donors (Lipinski definition) is 1. The van der Waals surface area contributed by atoms with Gasteiger partial charge in [-0.3, -0.25) is 4.79 Å². The van der Waals surface area contributed by atoms with E-state index in [9.17, 15) is 4.79 Å². The minimum Gasteiger partial charge on any atom is -0.367 e. The zero-order chi connectivity index (χ0) is 13.2. The van der Waals surface area contributed by atoms with Crippen LogP contribution in [-0.4, -0.2) is 24.4 Å². The second-order valence-corrected chi connectivity index (χ2v) is 5.52. The van der Waals surface area contributed by atoms with Crippen LogP contribution in [0.25, 0.3) is 0 Å². The van der Waals surface area contributed by atoms with Crippen LogP contribution in [0.3, 0.4) is 0 Å². The lowest BCUT2D eigenvalue weighted by atomic mass is 10.1. The first-order valence-corrected chi connectivity index (χ1v) is 7.08. The number of anilines is 3. The molecule has 2 aromatic rings. The number of carbonyl (C=O) groups is 1. The summed E-state index contributed by atoms with van der Waals surface area (Å²) in [4.78, 5) is 17.7. The lowest BCUT2D eigenvalue weighted by Gasteiger charge is -2.32. The number of pyridine rings is 1. The molecule has 1 aromatic carbocycles. The van der Waals surface area contributed by atoms with Gasteiger partial charge < -0.3 is 10.2 Å². The maximum atomic E-state index is 11.2. The fraction of sp³-hybridized carbons (Fsp3) is 0.143. The van der Waals surface area contributed by atoms with E-state index in [0.29, 0.717) is 5.56 Å². The van der Waals surface area contributed by atoms with Crippen molar-refractivity contribution in [2.75, 3.05) is 23.3 Å². The summed E-state index contributed by atoms with van der Waals surface area (Å²) >= 11 is 2.25. The topological polar surface area (TPSA) is 45.2 Å². The molecule has 0 fully saturated rings. The zero-order valence-corrected chi connectivity index (χ0v) is 12.3. The molecule has 1 aromatic heterocycles. The Hall–Kier alpha value is -1.63. The van der Waals surface area contributed by atoms with Crippen molar-refractivity contribution in [1.82, 2.24) is 4.98 Å². The van der Waals surface area contributed by atoms with Crippen molar-refractivity contribution in [3.8, 4) is 0 Å². The summed E-state index contributed by atoms with van der Waals surface area (Å²) < 4.78 is 1.08. The summed E-state index contributed by atoms with van der Waals surface area (Å²) in [7, 11) is 0. The normalized spacial score (nSPS) is 13.6. The Bertz CT molecular complexity index is 630. The highest BCUT2D eigenvalue weighted by molar-refractivity contribution is 14.1. The molecule has 4 nitrogen and oxygen atoms in total. The Morgan fingerprint density at radius 3 is 3.00 bits per heavy atom. The highest BCUT2D eigenvalue weighted by Crippen LogP contribution is 2.35. The van der Waals surface area contributed by atoms with Crippen molar-refractivity contribution in [3.05, 3.63) is 45.7 Å². The molecule has 0 radical (unpaired) electrons. The Kier molecular flexibility index (Phi) is 3.37. The van der Waals surface area contributed by atoms with Crippen molar-refractivity contribution in [2.24, 2.45) is 0 Å².